The van der Waals surface area contributed by atoms with Crippen LogP contribution in [0.1, 0.15) is 47.0 Å². The van der Waals surface area contributed by atoms with Crippen LogP contribution in [0.4, 0.5) is 0 Å². The Labute approximate surface area is 106 Å². The van der Waals surface area contributed by atoms with Gasteiger partial charge in [-0.1, -0.05) is 27.7 Å². The van der Waals surface area contributed by atoms with Gasteiger partial charge in [0.05, 0.1) is 0 Å². The van der Waals surface area contributed by atoms with Crippen molar-refractivity contribution in [1.29, 1.82) is 0 Å². The van der Waals surface area contributed by atoms with Crippen LogP contribution in [0.5, 0.6) is 0 Å². The second-order valence-corrected chi connectivity index (χ2v) is 6.56. The molecule has 17 heavy (non-hydrogen) atoms. The lowest BCUT2D eigenvalue weighted by Crippen LogP contribution is -2.35. The molecule has 1 unspecified atom stereocenters. The maximum atomic E-state index is 12.1. The molecule has 0 aromatic rings. The minimum atomic E-state index is 0.319. The summed E-state index contributed by atoms with van der Waals surface area (Å²) in [4.78, 5) is 14.2. The molecule has 3 heteroatoms. The first-order valence-electron chi connectivity index (χ1n) is 6.87. The summed E-state index contributed by atoms with van der Waals surface area (Å²) < 4.78 is 0. The normalized spacial score (nSPS) is 19.9. The molecule has 100 valence electrons. The van der Waals surface area contributed by atoms with Gasteiger partial charge in [0.25, 0.3) is 0 Å². The quantitative estimate of drug-likeness (QED) is 0.821. The SMILES string of the molecule is CC(CC(=O)N1CCCNCC1)CC(C)(C)C. The minimum absolute atomic E-state index is 0.319. The van der Waals surface area contributed by atoms with Crippen molar-refractivity contribution in [2.24, 2.45) is 11.3 Å². The van der Waals surface area contributed by atoms with Crippen LogP contribution in [-0.2, 0) is 4.79 Å². The molecule has 1 atom stereocenters. The zero-order valence-electron chi connectivity index (χ0n) is 11.9. The van der Waals surface area contributed by atoms with E-state index in [1.165, 1.54) is 0 Å². The Kier molecular flexibility index (Phi) is 5.44. The molecule has 0 radical (unpaired) electrons. The van der Waals surface area contributed by atoms with Gasteiger partial charge in [-0.2, -0.15) is 0 Å². The molecule has 1 fully saturated rings. The number of carbonyl (C=O) groups is 1. The van der Waals surface area contributed by atoms with Gasteiger partial charge in [-0.05, 0) is 30.7 Å². The molecule has 0 aromatic heterocycles. The van der Waals surface area contributed by atoms with Gasteiger partial charge in [-0.25, -0.2) is 0 Å². The lowest BCUT2D eigenvalue weighted by Gasteiger charge is -2.26. The minimum Gasteiger partial charge on any atom is -0.341 e. The Morgan fingerprint density at radius 1 is 1.29 bits per heavy atom. The molecule has 1 heterocycles. The van der Waals surface area contributed by atoms with Crippen molar-refractivity contribution in [2.45, 2.75) is 47.0 Å². The molecule has 0 aromatic carbocycles. The molecule has 1 rings (SSSR count). The van der Waals surface area contributed by atoms with E-state index in [1.54, 1.807) is 0 Å². The van der Waals surface area contributed by atoms with Crippen LogP contribution in [0, 0.1) is 11.3 Å². The number of nitrogens with one attached hydrogen (secondary N) is 1. The number of rotatable bonds is 3. The molecule has 0 spiro atoms. The zero-order chi connectivity index (χ0) is 12.9. The highest BCUT2D eigenvalue weighted by Gasteiger charge is 2.21. The van der Waals surface area contributed by atoms with Crippen LogP contribution in [0.2, 0.25) is 0 Å². The van der Waals surface area contributed by atoms with Gasteiger partial charge in [0.2, 0.25) is 5.91 Å². The fourth-order valence-electron chi connectivity index (χ4n) is 2.64. The maximum Gasteiger partial charge on any atom is 0.222 e. The van der Waals surface area contributed by atoms with E-state index in [0.29, 0.717) is 23.7 Å². The Morgan fingerprint density at radius 3 is 2.65 bits per heavy atom. The van der Waals surface area contributed by atoms with Gasteiger partial charge in [0.1, 0.15) is 0 Å². The summed E-state index contributed by atoms with van der Waals surface area (Å²) in [5.74, 6) is 0.823. The first-order chi connectivity index (χ1) is 7.88. The predicted octanol–water partition coefficient (Wildman–Crippen LogP) is 2.27. The summed E-state index contributed by atoms with van der Waals surface area (Å²) in [6.07, 6.45) is 2.90. The highest BCUT2D eigenvalue weighted by Crippen LogP contribution is 2.26. The van der Waals surface area contributed by atoms with Gasteiger partial charge in [-0.15, -0.1) is 0 Å². The average Bonchev–Trinajstić information content (AvgIpc) is 2.41. The average molecular weight is 240 g/mol. The summed E-state index contributed by atoms with van der Waals surface area (Å²) in [5, 5.41) is 3.33. The summed E-state index contributed by atoms with van der Waals surface area (Å²) in [6, 6.07) is 0. The number of hydrogen-bond donors (Lipinski definition) is 1. The summed E-state index contributed by atoms with van der Waals surface area (Å²) in [7, 11) is 0. The second kappa shape index (κ2) is 6.39. The van der Waals surface area contributed by atoms with Crippen molar-refractivity contribution in [2.75, 3.05) is 26.2 Å². The second-order valence-electron chi connectivity index (χ2n) is 6.56. The molecule has 1 amide bonds. The van der Waals surface area contributed by atoms with E-state index in [1.807, 2.05) is 4.90 Å². The Bertz CT molecular complexity index is 237. The van der Waals surface area contributed by atoms with Crippen LogP contribution in [0.25, 0.3) is 0 Å². The van der Waals surface area contributed by atoms with Crippen molar-refractivity contribution < 1.29 is 4.79 Å². The Balaban J connectivity index is 2.36. The standard InChI is InChI=1S/C14H28N2O/c1-12(11-14(2,3)4)10-13(17)16-8-5-6-15-7-9-16/h12,15H,5-11H2,1-4H3. The molecule has 0 bridgehead atoms. The first-order valence-corrected chi connectivity index (χ1v) is 6.87. The van der Waals surface area contributed by atoms with Gasteiger partial charge in [0, 0.05) is 26.1 Å². The van der Waals surface area contributed by atoms with Crippen molar-refractivity contribution in [3.8, 4) is 0 Å². The predicted molar refractivity (Wildman–Crippen MR) is 71.9 cm³/mol. The van der Waals surface area contributed by atoms with Gasteiger partial charge >= 0.3 is 0 Å². The first kappa shape index (κ1) is 14.5. The molecule has 0 saturated carbocycles. The number of hydrogen-bond acceptors (Lipinski definition) is 2. The largest absolute Gasteiger partial charge is 0.341 e. The van der Waals surface area contributed by atoms with Crippen LogP contribution in [-0.4, -0.2) is 37.0 Å². The van der Waals surface area contributed by atoms with E-state index in [-0.39, 0.29) is 0 Å². The fraction of sp³-hybridized carbons (Fsp3) is 0.929. The van der Waals surface area contributed by atoms with Crippen LogP contribution >= 0.6 is 0 Å². The molecular formula is C14H28N2O. The van der Waals surface area contributed by atoms with E-state index >= 15 is 0 Å². The third-order valence-corrected chi connectivity index (χ3v) is 3.18. The van der Waals surface area contributed by atoms with E-state index < -0.39 is 0 Å². The fourth-order valence-corrected chi connectivity index (χ4v) is 2.64. The van der Waals surface area contributed by atoms with E-state index in [9.17, 15) is 4.79 Å². The molecule has 1 saturated heterocycles. The van der Waals surface area contributed by atoms with Crippen LogP contribution in [0.15, 0.2) is 0 Å². The highest BCUT2D eigenvalue weighted by molar-refractivity contribution is 5.76. The van der Waals surface area contributed by atoms with Crippen molar-refractivity contribution in [1.82, 2.24) is 10.2 Å². The molecule has 1 aliphatic rings. The summed E-state index contributed by atoms with van der Waals surface area (Å²) in [6.45, 7) is 12.7. The van der Waals surface area contributed by atoms with Gasteiger partial charge in [-0.3, -0.25) is 4.79 Å². The number of amides is 1. The Morgan fingerprint density at radius 2 is 2.00 bits per heavy atom. The van der Waals surface area contributed by atoms with Crippen molar-refractivity contribution in [3.05, 3.63) is 0 Å². The highest BCUT2D eigenvalue weighted by atomic mass is 16.2. The molecule has 3 nitrogen and oxygen atoms in total. The van der Waals surface area contributed by atoms with Crippen molar-refractivity contribution >= 4 is 5.91 Å². The molecule has 1 aliphatic heterocycles. The van der Waals surface area contributed by atoms with Crippen LogP contribution < -0.4 is 5.32 Å². The zero-order valence-corrected chi connectivity index (χ0v) is 11.9. The molecular weight excluding hydrogens is 212 g/mol. The third-order valence-electron chi connectivity index (χ3n) is 3.18. The summed E-state index contributed by atoms with van der Waals surface area (Å²) >= 11 is 0. The molecule has 0 aliphatic carbocycles. The summed E-state index contributed by atoms with van der Waals surface area (Å²) in [5.41, 5.74) is 0.319. The van der Waals surface area contributed by atoms with Crippen LogP contribution in [0.3, 0.4) is 0 Å². The Hall–Kier alpha value is -0.570. The lowest BCUT2D eigenvalue weighted by molar-refractivity contribution is -0.132. The van der Waals surface area contributed by atoms with E-state index in [2.05, 4.69) is 33.0 Å². The van der Waals surface area contributed by atoms with E-state index in [4.69, 9.17) is 0 Å². The van der Waals surface area contributed by atoms with Crippen molar-refractivity contribution in [3.63, 3.8) is 0 Å². The number of carbonyl (C=O) groups excluding carboxylic acids is 1. The molecule has 1 N–H and O–H groups in total. The van der Waals surface area contributed by atoms with Gasteiger partial charge < -0.3 is 10.2 Å². The monoisotopic (exact) mass is 240 g/mol. The van der Waals surface area contributed by atoms with Gasteiger partial charge in [0.15, 0.2) is 0 Å². The lowest BCUT2D eigenvalue weighted by atomic mass is 9.84. The smallest absolute Gasteiger partial charge is 0.222 e. The maximum absolute atomic E-state index is 12.1. The topological polar surface area (TPSA) is 32.3 Å². The third kappa shape index (κ3) is 6.06. The number of nitrogens with zero attached hydrogens (tertiary/aromatic N) is 1. The van der Waals surface area contributed by atoms with E-state index in [0.717, 1.165) is 39.0 Å².